The maximum absolute atomic E-state index is 12.7. The van der Waals surface area contributed by atoms with E-state index in [1.54, 1.807) is 4.90 Å². The van der Waals surface area contributed by atoms with Gasteiger partial charge < -0.3 is 10.0 Å². The molecule has 0 radical (unpaired) electrons. The minimum absolute atomic E-state index is 0.0410. The first kappa shape index (κ1) is 14.8. The number of carbonyl (C=O) groups is 1. The molecule has 1 unspecified atom stereocenters. The molecule has 3 rings (SSSR count). The van der Waals surface area contributed by atoms with Crippen LogP contribution in [0.2, 0.25) is 0 Å². The molecule has 0 aliphatic carbocycles. The first-order valence-electron chi connectivity index (χ1n) is 7.54. The van der Waals surface area contributed by atoms with Gasteiger partial charge in [-0.15, -0.1) is 0 Å². The molecule has 0 bridgehead atoms. The lowest BCUT2D eigenvalue weighted by molar-refractivity contribution is 0.0767. The predicted molar refractivity (Wildman–Crippen MR) is 83.8 cm³/mol. The third kappa shape index (κ3) is 2.31. The second-order valence-corrected chi connectivity index (χ2v) is 6.10. The van der Waals surface area contributed by atoms with Crippen LogP contribution >= 0.6 is 0 Å². The van der Waals surface area contributed by atoms with Gasteiger partial charge in [0, 0.05) is 29.8 Å². The third-order valence-electron chi connectivity index (χ3n) is 4.79. The first-order valence-corrected chi connectivity index (χ1v) is 7.54. The van der Waals surface area contributed by atoms with Crippen molar-refractivity contribution in [1.82, 2.24) is 15.1 Å². The van der Waals surface area contributed by atoms with E-state index in [-0.39, 0.29) is 17.9 Å². The van der Waals surface area contributed by atoms with Crippen molar-refractivity contribution in [3.05, 3.63) is 52.8 Å². The van der Waals surface area contributed by atoms with Crippen LogP contribution in [0.1, 0.15) is 33.7 Å². The number of aromatic amines is 1. The van der Waals surface area contributed by atoms with E-state index < -0.39 is 0 Å². The Morgan fingerprint density at radius 2 is 2.09 bits per heavy atom. The number of amides is 1. The Bertz CT molecular complexity index is 680. The topological polar surface area (TPSA) is 69.2 Å². The second kappa shape index (κ2) is 5.57. The average Bonchev–Trinajstić information content (AvgIpc) is 3.14. The third-order valence-corrected chi connectivity index (χ3v) is 4.79. The number of carbonyl (C=O) groups excluding carboxylic acids is 1. The van der Waals surface area contributed by atoms with Gasteiger partial charge in [-0.25, -0.2) is 0 Å². The van der Waals surface area contributed by atoms with E-state index in [9.17, 15) is 9.90 Å². The molecule has 2 N–H and O–H groups in total. The second-order valence-electron chi connectivity index (χ2n) is 6.10. The quantitative estimate of drug-likeness (QED) is 0.908. The molecule has 5 nitrogen and oxygen atoms in total. The number of aliphatic hydroxyl groups is 1. The maximum Gasteiger partial charge on any atom is 0.274 e. The standard InChI is InChI=1S/C17H21N3O2/c1-12-13(2)18-19-15(12)16(22)20-9-8-17(10-20,11-21)14-6-4-3-5-7-14/h3-7,21H,8-11H2,1-2H3,(H,18,19). The maximum atomic E-state index is 12.7. The van der Waals surface area contributed by atoms with E-state index in [2.05, 4.69) is 10.2 Å². The highest BCUT2D eigenvalue weighted by atomic mass is 16.3. The van der Waals surface area contributed by atoms with Crippen molar-refractivity contribution in [2.45, 2.75) is 25.7 Å². The fraction of sp³-hybridized carbons (Fsp3) is 0.412. The van der Waals surface area contributed by atoms with Crippen molar-refractivity contribution in [2.24, 2.45) is 0 Å². The summed E-state index contributed by atoms with van der Waals surface area (Å²) in [5, 5.41) is 16.9. The number of aromatic nitrogens is 2. The molecule has 0 saturated carbocycles. The molecule has 1 aromatic carbocycles. The zero-order valence-electron chi connectivity index (χ0n) is 13.0. The van der Waals surface area contributed by atoms with Crippen molar-refractivity contribution in [1.29, 1.82) is 0 Å². The summed E-state index contributed by atoms with van der Waals surface area (Å²) in [7, 11) is 0. The molecule has 2 aromatic rings. The van der Waals surface area contributed by atoms with Gasteiger partial charge in [-0.05, 0) is 25.8 Å². The van der Waals surface area contributed by atoms with Gasteiger partial charge in [0.25, 0.3) is 5.91 Å². The highest BCUT2D eigenvalue weighted by Gasteiger charge is 2.41. The SMILES string of the molecule is Cc1[nH]nc(C(=O)N2CCC(CO)(c3ccccc3)C2)c1C. The van der Waals surface area contributed by atoms with Crippen LogP contribution in [0.15, 0.2) is 30.3 Å². The Balaban J connectivity index is 1.85. The van der Waals surface area contributed by atoms with E-state index in [0.717, 1.165) is 23.2 Å². The lowest BCUT2D eigenvalue weighted by Crippen LogP contribution is -2.37. The minimum Gasteiger partial charge on any atom is -0.395 e. The van der Waals surface area contributed by atoms with E-state index in [4.69, 9.17) is 0 Å². The summed E-state index contributed by atoms with van der Waals surface area (Å²) in [5.41, 5.74) is 3.02. The number of hydrogen-bond donors (Lipinski definition) is 2. The van der Waals surface area contributed by atoms with Crippen LogP contribution < -0.4 is 0 Å². The summed E-state index contributed by atoms with van der Waals surface area (Å²) in [4.78, 5) is 14.5. The zero-order valence-corrected chi connectivity index (χ0v) is 13.0. The molecule has 1 atom stereocenters. The van der Waals surface area contributed by atoms with E-state index in [1.807, 2.05) is 44.2 Å². The number of likely N-dealkylation sites (tertiary alicyclic amines) is 1. The Labute approximate surface area is 130 Å². The molecule has 2 heterocycles. The number of aliphatic hydroxyl groups excluding tert-OH is 1. The predicted octanol–water partition coefficient (Wildman–Crippen LogP) is 1.80. The molecular weight excluding hydrogens is 278 g/mol. The number of nitrogens with one attached hydrogen (secondary N) is 1. The smallest absolute Gasteiger partial charge is 0.274 e. The molecule has 0 spiro atoms. The van der Waals surface area contributed by atoms with Crippen molar-refractivity contribution < 1.29 is 9.90 Å². The Morgan fingerprint density at radius 1 is 1.36 bits per heavy atom. The van der Waals surface area contributed by atoms with Crippen molar-refractivity contribution in [3.8, 4) is 0 Å². The van der Waals surface area contributed by atoms with Crippen molar-refractivity contribution in [2.75, 3.05) is 19.7 Å². The molecule has 1 aromatic heterocycles. The number of nitrogens with zero attached hydrogens (tertiary/aromatic N) is 2. The van der Waals surface area contributed by atoms with Gasteiger partial charge in [0.05, 0.1) is 6.61 Å². The van der Waals surface area contributed by atoms with Crippen LogP contribution in [-0.2, 0) is 5.41 Å². The normalized spacial score (nSPS) is 21.3. The van der Waals surface area contributed by atoms with Crippen molar-refractivity contribution in [3.63, 3.8) is 0 Å². The highest BCUT2D eigenvalue weighted by molar-refractivity contribution is 5.94. The molecule has 5 heteroatoms. The molecule has 1 aliphatic heterocycles. The number of H-pyrrole nitrogens is 1. The summed E-state index contributed by atoms with van der Waals surface area (Å²) >= 11 is 0. The van der Waals surface area contributed by atoms with Crippen LogP contribution in [0.5, 0.6) is 0 Å². The highest BCUT2D eigenvalue weighted by Crippen LogP contribution is 2.34. The Morgan fingerprint density at radius 3 is 2.68 bits per heavy atom. The molecule has 22 heavy (non-hydrogen) atoms. The monoisotopic (exact) mass is 299 g/mol. The number of rotatable bonds is 3. The molecule has 116 valence electrons. The van der Waals surface area contributed by atoms with Crippen LogP contribution in [0.3, 0.4) is 0 Å². The van der Waals surface area contributed by atoms with Crippen LogP contribution in [0.25, 0.3) is 0 Å². The number of benzene rings is 1. The van der Waals surface area contributed by atoms with Gasteiger partial charge in [0.15, 0.2) is 5.69 Å². The van der Waals surface area contributed by atoms with Crippen molar-refractivity contribution >= 4 is 5.91 Å². The minimum atomic E-state index is -0.365. The van der Waals surface area contributed by atoms with E-state index in [0.29, 0.717) is 18.8 Å². The summed E-state index contributed by atoms with van der Waals surface area (Å²) < 4.78 is 0. The summed E-state index contributed by atoms with van der Waals surface area (Å²) in [6.07, 6.45) is 0.766. The van der Waals surface area contributed by atoms with Crippen LogP contribution in [-0.4, -0.2) is 45.8 Å². The van der Waals surface area contributed by atoms with Crippen LogP contribution in [0, 0.1) is 13.8 Å². The number of hydrogen-bond acceptors (Lipinski definition) is 3. The van der Waals surface area contributed by atoms with Gasteiger partial charge in [0.1, 0.15) is 0 Å². The summed E-state index contributed by atoms with van der Waals surface area (Å²) in [5.74, 6) is -0.0619. The lowest BCUT2D eigenvalue weighted by atomic mass is 9.80. The fourth-order valence-electron chi connectivity index (χ4n) is 3.14. The zero-order chi connectivity index (χ0) is 15.7. The first-order chi connectivity index (χ1) is 10.6. The summed E-state index contributed by atoms with van der Waals surface area (Å²) in [6, 6.07) is 9.95. The van der Waals surface area contributed by atoms with Crippen LogP contribution in [0.4, 0.5) is 0 Å². The van der Waals surface area contributed by atoms with Gasteiger partial charge in [-0.2, -0.15) is 5.10 Å². The van der Waals surface area contributed by atoms with E-state index >= 15 is 0 Å². The summed E-state index contributed by atoms with van der Waals surface area (Å²) in [6.45, 7) is 5.01. The van der Waals surface area contributed by atoms with Gasteiger partial charge >= 0.3 is 0 Å². The average molecular weight is 299 g/mol. The van der Waals surface area contributed by atoms with Gasteiger partial charge in [-0.1, -0.05) is 30.3 Å². The number of aryl methyl sites for hydroxylation is 1. The Kier molecular flexibility index (Phi) is 3.74. The molecular formula is C17H21N3O2. The largest absolute Gasteiger partial charge is 0.395 e. The lowest BCUT2D eigenvalue weighted by Gasteiger charge is -2.27. The molecule has 1 saturated heterocycles. The van der Waals surface area contributed by atoms with Gasteiger partial charge in [0.2, 0.25) is 0 Å². The van der Waals surface area contributed by atoms with Gasteiger partial charge in [-0.3, -0.25) is 9.89 Å². The Hall–Kier alpha value is -2.14. The fourth-order valence-corrected chi connectivity index (χ4v) is 3.14. The van der Waals surface area contributed by atoms with E-state index in [1.165, 1.54) is 0 Å². The molecule has 1 fully saturated rings. The molecule has 1 aliphatic rings. The molecule has 1 amide bonds.